The van der Waals surface area contributed by atoms with Gasteiger partial charge in [0.15, 0.2) is 5.57 Å². The minimum Gasteiger partial charge on any atom is -0.351 e. The molecule has 0 radical (unpaired) electrons. The fourth-order valence-corrected chi connectivity index (χ4v) is 4.77. The summed E-state index contributed by atoms with van der Waals surface area (Å²) in [7, 11) is 0. The van der Waals surface area contributed by atoms with Crippen LogP contribution < -0.4 is 20.1 Å². The normalized spacial score (nSPS) is 12.3. The molecule has 6 heteroatoms. The fourth-order valence-electron chi connectivity index (χ4n) is 3.67. The van der Waals surface area contributed by atoms with Gasteiger partial charge in [0.05, 0.1) is 10.2 Å². The number of nitrogens with zero attached hydrogens (tertiary/aromatic N) is 2. The van der Waals surface area contributed by atoms with Crippen LogP contribution in [0.25, 0.3) is 17.3 Å². The average Bonchev–Trinajstić information content (AvgIpc) is 3.16. The standard InChI is InChI=1S/C28H31N3O2S/c1-3-4-5-6-7-11-18-30-26(32)24(20-29)28-31(23-12-9-8-10-13-23)27(33)25(34-28)19-22-16-14-21(2)15-17-22/h8-10,12-17,19H,3-7,11,18H2,1-2H3,(H,30,32)/b25-19-,28-24+. The summed E-state index contributed by atoms with van der Waals surface area (Å²) in [6, 6.07) is 19.0. The third-order valence-electron chi connectivity index (χ3n) is 5.58. The van der Waals surface area contributed by atoms with Crippen LogP contribution in [0.4, 0.5) is 0 Å². The van der Waals surface area contributed by atoms with Gasteiger partial charge in [0.1, 0.15) is 10.7 Å². The number of hydrogen-bond acceptors (Lipinski definition) is 4. The molecule has 0 bridgehead atoms. The van der Waals surface area contributed by atoms with Crippen LogP contribution in [0.3, 0.4) is 0 Å². The average molecular weight is 474 g/mol. The van der Waals surface area contributed by atoms with Gasteiger partial charge in [-0.2, -0.15) is 5.26 Å². The Kier molecular flexibility index (Phi) is 9.42. The maximum absolute atomic E-state index is 13.4. The molecular formula is C28H31N3O2S. The van der Waals surface area contributed by atoms with E-state index >= 15 is 0 Å². The summed E-state index contributed by atoms with van der Waals surface area (Å²) >= 11 is 1.17. The summed E-state index contributed by atoms with van der Waals surface area (Å²) in [5, 5.41) is 12.7. The van der Waals surface area contributed by atoms with E-state index in [9.17, 15) is 14.9 Å². The lowest BCUT2D eigenvalue weighted by Crippen LogP contribution is -2.34. The van der Waals surface area contributed by atoms with Crippen LogP contribution in [0.2, 0.25) is 0 Å². The van der Waals surface area contributed by atoms with Crippen molar-refractivity contribution in [3.05, 3.63) is 85.3 Å². The molecule has 1 heterocycles. The van der Waals surface area contributed by atoms with E-state index in [1.807, 2.05) is 49.4 Å². The first-order chi connectivity index (χ1) is 16.5. The molecule has 1 aromatic heterocycles. The number of nitrogens with one attached hydrogen (secondary N) is 1. The number of carbonyl (C=O) groups is 1. The molecule has 0 atom stereocenters. The van der Waals surface area contributed by atoms with E-state index in [0.29, 0.717) is 21.4 Å². The number of para-hydroxylation sites is 1. The molecule has 1 N–H and O–H groups in total. The maximum atomic E-state index is 13.4. The highest BCUT2D eigenvalue weighted by atomic mass is 32.1. The predicted octanol–water partition coefficient (Wildman–Crippen LogP) is 4.19. The lowest BCUT2D eigenvalue weighted by molar-refractivity contribution is -0.115. The summed E-state index contributed by atoms with van der Waals surface area (Å²) in [5.74, 6) is -0.441. The van der Waals surface area contributed by atoms with Gasteiger partial charge < -0.3 is 5.32 Å². The monoisotopic (exact) mass is 473 g/mol. The maximum Gasteiger partial charge on any atom is 0.273 e. The minimum atomic E-state index is -0.441. The Bertz CT molecular complexity index is 1310. The first-order valence-electron chi connectivity index (χ1n) is 11.8. The van der Waals surface area contributed by atoms with Crippen LogP contribution >= 0.6 is 11.3 Å². The third-order valence-corrected chi connectivity index (χ3v) is 6.67. The fraction of sp³-hybridized carbons (Fsp3) is 0.321. The minimum absolute atomic E-state index is 0.0412. The molecule has 1 amide bonds. The second-order valence-corrected chi connectivity index (χ2v) is 9.34. The second-order valence-electron chi connectivity index (χ2n) is 8.31. The number of aryl methyl sites for hydroxylation is 1. The third kappa shape index (κ3) is 6.55. The molecule has 3 rings (SSSR count). The number of carbonyl (C=O) groups excluding carboxylic acids is 1. The summed E-state index contributed by atoms with van der Waals surface area (Å²) in [6.45, 7) is 4.70. The van der Waals surface area contributed by atoms with E-state index in [-0.39, 0.29) is 11.1 Å². The first-order valence-corrected chi connectivity index (χ1v) is 12.6. The van der Waals surface area contributed by atoms with Crippen LogP contribution in [0.5, 0.6) is 0 Å². The molecule has 0 saturated carbocycles. The molecule has 5 nitrogen and oxygen atoms in total. The van der Waals surface area contributed by atoms with Gasteiger partial charge in [0, 0.05) is 6.54 Å². The van der Waals surface area contributed by atoms with Crippen molar-refractivity contribution in [2.75, 3.05) is 6.54 Å². The van der Waals surface area contributed by atoms with Crippen molar-refractivity contribution in [1.82, 2.24) is 9.88 Å². The first kappa shape index (κ1) is 25.2. The highest BCUT2D eigenvalue weighted by Crippen LogP contribution is 2.07. The Hall–Kier alpha value is -3.43. The molecular weight excluding hydrogens is 442 g/mol. The number of aromatic nitrogens is 1. The molecule has 176 valence electrons. The van der Waals surface area contributed by atoms with Crippen molar-refractivity contribution in [2.24, 2.45) is 0 Å². The second kappa shape index (κ2) is 12.7. The van der Waals surface area contributed by atoms with Gasteiger partial charge in [-0.25, -0.2) is 0 Å². The molecule has 0 fully saturated rings. The molecule has 3 aromatic rings. The zero-order chi connectivity index (χ0) is 24.3. The number of nitriles is 1. The Morgan fingerprint density at radius 2 is 1.71 bits per heavy atom. The molecule has 0 spiro atoms. The topological polar surface area (TPSA) is 74.9 Å². The van der Waals surface area contributed by atoms with Crippen molar-refractivity contribution in [1.29, 1.82) is 5.26 Å². The summed E-state index contributed by atoms with van der Waals surface area (Å²) in [5.41, 5.74) is 2.36. The molecule has 34 heavy (non-hydrogen) atoms. The van der Waals surface area contributed by atoms with Crippen LogP contribution in [0.15, 0.2) is 59.4 Å². The van der Waals surface area contributed by atoms with Gasteiger partial charge in [-0.15, -0.1) is 11.3 Å². The van der Waals surface area contributed by atoms with Gasteiger partial charge >= 0.3 is 0 Å². The van der Waals surface area contributed by atoms with E-state index in [1.54, 1.807) is 18.2 Å². The van der Waals surface area contributed by atoms with Gasteiger partial charge in [-0.05, 0) is 37.1 Å². The molecule has 0 aliphatic rings. The Morgan fingerprint density at radius 1 is 1.03 bits per heavy atom. The van der Waals surface area contributed by atoms with E-state index in [4.69, 9.17) is 0 Å². The number of hydrogen-bond donors (Lipinski definition) is 1. The Labute approximate surface area is 204 Å². The lowest BCUT2D eigenvalue weighted by atomic mass is 10.1. The number of unbranched alkanes of at least 4 members (excludes halogenated alkanes) is 5. The molecule has 0 saturated heterocycles. The van der Waals surface area contributed by atoms with Crippen LogP contribution in [-0.4, -0.2) is 17.0 Å². The van der Waals surface area contributed by atoms with Crippen LogP contribution in [0, 0.1) is 18.3 Å². The largest absolute Gasteiger partial charge is 0.351 e. The number of thiazole rings is 1. The van der Waals surface area contributed by atoms with Gasteiger partial charge in [-0.1, -0.05) is 87.1 Å². The van der Waals surface area contributed by atoms with Gasteiger partial charge in [0.25, 0.3) is 11.5 Å². The molecule has 0 aliphatic carbocycles. The zero-order valence-electron chi connectivity index (χ0n) is 19.8. The summed E-state index contributed by atoms with van der Waals surface area (Å²) < 4.78 is 2.28. The predicted molar refractivity (Wildman–Crippen MR) is 139 cm³/mol. The molecule has 0 aliphatic heterocycles. The van der Waals surface area contributed by atoms with E-state index in [1.165, 1.54) is 35.2 Å². The van der Waals surface area contributed by atoms with Crippen molar-refractivity contribution < 1.29 is 4.79 Å². The van der Waals surface area contributed by atoms with Crippen LogP contribution in [0.1, 0.15) is 56.6 Å². The zero-order valence-corrected chi connectivity index (χ0v) is 20.7. The van der Waals surface area contributed by atoms with E-state index in [2.05, 4.69) is 18.3 Å². The lowest BCUT2D eigenvalue weighted by Gasteiger charge is -2.06. The highest BCUT2D eigenvalue weighted by molar-refractivity contribution is 7.07. The van der Waals surface area contributed by atoms with E-state index < -0.39 is 5.91 Å². The van der Waals surface area contributed by atoms with Gasteiger partial charge in [0.2, 0.25) is 0 Å². The van der Waals surface area contributed by atoms with Crippen molar-refractivity contribution in [3.8, 4) is 11.8 Å². The van der Waals surface area contributed by atoms with Crippen molar-refractivity contribution in [3.63, 3.8) is 0 Å². The number of rotatable bonds is 10. The Morgan fingerprint density at radius 3 is 2.38 bits per heavy atom. The Balaban J connectivity index is 1.99. The number of amides is 1. The summed E-state index contributed by atoms with van der Waals surface area (Å²) in [6.07, 6.45) is 8.51. The smallest absolute Gasteiger partial charge is 0.273 e. The highest BCUT2D eigenvalue weighted by Gasteiger charge is 2.16. The van der Waals surface area contributed by atoms with Crippen LogP contribution in [-0.2, 0) is 4.79 Å². The van der Waals surface area contributed by atoms with Crippen molar-refractivity contribution >= 4 is 28.9 Å². The number of benzene rings is 2. The quantitative estimate of drug-likeness (QED) is 0.449. The summed E-state index contributed by atoms with van der Waals surface area (Å²) in [4.78, 5) is 26.3. The van der Waals surface area contributed by atoms with Crippen molar-refractivity contribution in [2.45, 2.75) is 52.4 Å². The molecule has 0 unspecified atom stereocenters. The SMILES string of the molecule is CCCCCCCCNC(=O)/C(C#N)=c1/s/c(=C\c2ccc(C)cc2)c(=O)n1-c1ccccc1. The van der Waals surface area contributed by atoms with Gasteiger partial charge in [-0.3, -0.25) is 14.2 Å². The van der Waals surface area contributed by atoms with E-state index in [0.717, 1.165) is 30.4 Å². The molecule has 2 aromatic carbocycles.